The Bertz CT molecular complexity index is 1660. The van der Waals surface area contributed by atoms with Gasteiger partial charge in [-0.1, -0.05) is 24.3 Å². The average Bonchev–Trinajstić information content (AvgIpc) is 2.80. The number of anilines is 2. The number of hydrogen-bond donors (Lipinski definition) is 1. The number of nitrogens with one attached hydrogen (secondary N) is 1. The van der Waals surface area contributed by atoms with Crippen LogP contribution in [0.15, 0.2) is 70.4 Å². The van der Waals surface area contributed by atoms with Crippen LogP contribution in [-0.2, 0) is 17.2 Å². The quantitative estimate of drug-likeness (QED) is 0.290. The molecule has 34 heavy (non-hydrogen) atoms. The molecule has 0 saturated carbocycles. The molecule has 5 rings (SSSR count). The predicted octanol–water partition coefficient (Wildman–Crippen LogP) is 0.410. The third-order valence-corrected chi connectivity index (χ3v) is 6.71. The number of fused-ring (bicyclic) bond motifs is 2. The third kappa shape index (κ3) is 3.75. The minimum Gasteiger partial charge on any atom is -0.744 e. The average molecular weight is 484 g/mol. The fraction of sp³-hybridized carbons (Fsp3) is 0.0833. The van der Waals surface area contributed by atoms with Crippen LogP contribution in [0.1, 0.15) is 15.9 Å². The zero-order valence-electron chi connectivity index (χ0n) is 18.6. The van der Waals surface area contributed by atoms with Crippen LogP contribution in [0.25, 0.3) is 22.0 Å². The molecule has 1 aliphatic rings. The van der Waals surface area contributed by atoms with Crippen LogP contribution in [0, 0.1) is 0 Å². The van der Waals surface area contributed by atoms with E-state index in [1.165, 1.54) is 29.9 Å². The molecule has 166 valence electrons. The molecule has 0 radical (unpaired) electrons. The molecule has 0 fully saturated rings. The van der Waals surface area contributed by atoms with Gasteiger partial charge in [-0.3, -0.25) is 9.59 Å². The van der Waals surface area contributed by atoms with Gasteiger partial charge in [0.05, 0.1) is 34.5 Å². The number of carbonyl (C=O) groups is 1. The van der Waals surface area contributed by atoms with Crippen molar-refractivity contribution in [2.24, 2.45) is 7.05 Å². The Morgan fingerprint density at radius 1 is 0.912 bits per heavy atom. The van der Waals surface area contributed by atoms with E-state index in [1.807, 2.05) is 0 Å². The molecule has 10 heteroatoms. The Morgan fingerprint density at radius 3 is 2.26 bits per heavy atom. The molecule has 0 amide bonds. The van der Waals surface area contributed by atoms with E-state index in [-0.39, 0.29) is 52.3 Å². The van der Waals surface area contributed by atoms with Crippen molar-refractivity contribution in [2.75, 3.05) is 12.4 Å². The number of ketones is 1. The monoisotopic (exact) mass is 484 g/mol. The van der Waals surface area contributed by atoms with Crippen molar-refractivity contribution in [2.45, 2.75) is 4.90 Å². The van der Waals surface area contributed by atoms with E-state index in [9.17, 15) is 22.6 Å². The minimum absolute atomic E-state index is 0. The van der Waals surface area contributed by atoms with Crippen molar-refractivity contribution in [3.05, 3.63) is 82.1 Å². The normalized spacial score (nSPS) is 12.1. The molecule has 0 unspecified atom stereocenters. The maximum atomic E-state index is 13.6. The zero-order valence-corrected chi connectivity index (χ0v) is 21.4. The number of carbonyl (C=O) groups excluding carboxylic acids is 1. The van der Waals surface area contributed by atoms with Crippen molar-refractivity contribution < 1.29 is 52.1 Å². The first kappa shape index (κ1) is 24.2. The molecule has 3 aromatic carbocycles. The van der Waals surface area contributed by atoms with Gasteiger partial charge in [-0.05, 0) is 41.5 Å². The maximum absolute atomic E-state index is 13.6. The summed E-state index contributed by atoms with van der Waals surface area (Å²) in [4.78, 5) is 25.6. The topological polar surface area (TPSA) is 118 Å². The maximum Gasteiger partial charge on any atom is 1.00 e. The van der Waals surface area contributed by atoms with E-state index in [4.69, 9.17) is 4.74 Å². The summed E-state index contributed by atoms with van der Waals surface area (Å²) in [5, 5.41) is 3.53. The van der Waals surface area contributed by atoms with Crippen LogP contribution in [0.3, 0.4) is 0 Å². The molecule has 0 atom stereocenters. The van der Waals surface area contributed by atoms with Gasteiger partial charge in [-0.2, -0.15) is 0 Å². The molecule has 4 aromatic rings. The van der Waals surface area contributed by atoms with Gasteiger partial charge in [0, 0.05) is 24.1 Å². The first-order chi connectivity index (χ1) is 15.7. The number of nitrogens with zero attached hydrogens (tertiary/aromatic N) is 1. The van der Waals surface area contributed by atoms with Gasteiger partial charge in [-0.15, -0.1) is 0 Å². The Labute approximate surface area is 217 Å². The molecular formula is C24H17N2NaO6S. The third-order valence-electron chi connectivity index (χ3n) is 5.83. The van der Waals surface area contributed by atoms with Crippen molar-refractivity contribution in [1.29, 1.82) is 0 Å². The van der Waals surface area contributed by atoms with E-state index < -0.39 is 15.0 Å². The molecule has 1 aliphatic carbocycles. The molecule has 1 N–H and O–H groups in total. The summed E-state index contributed by atoms with van der Waals surface area (Å²) in [5.41, 5.74) is 2.67. The van der Waals surface area contributed by atoms with E-state index in [0.717, 1.165) is 6.07 Å². The van der Waals surface area contributed by atoms with Gasteiger partial charge < -0.3 is 19.2 Å². The molecular weight excluding hydrogens is 467 g/mol. The van der Waals surface area contributed by atoms with Gasteiger partial charge in [0.2, 0.25) is 0 Å². The van der Waals surface area contributed by atoms with Crippen LogP contribution in [-0.4, -0.2) is 30.4 Å². The molecule has 1 aromatic heterocycles. The number of pyridine rings is 1. The summed E-state index contributed by atoms with van der Waals surface area (Å²) < 4.78 is 42.2. The summed E-state index contributed by atoms with van der Waals surface area (Å²) in [6.45, 7) is 0. The summed E-state index contributed by atoms with van der Waals surface area (Å²) in [7, 11) is -1.86. The van der Waals surface area contributed by atoms with E-state index in [1.54, 1.807) is 43.4 Å². The fourth-order valence-corrected chi connectivity index (χ4v) is 4.89. The van der Waals surface area contributed by atoms with Gasteiger partial charge in [-0.25, -0.2) is 8.42 Å². The molecule has 0 bridgehead atoms. The second-order valence-electron chi connectivity index (χ2n) is 7.65. The Balaban J connectivity index is 0.00000274. The first-order valence-electron chi connectivity index (χ1n) is 9.92. The van der Waals surface area contributed by atoms with Crippen LogP contribution in [0.4, 0.5) is 11.4 Å². The summed E-state index contributed by atoms with van der Waals surface area (Å²) in [6, 6.07) is 15.8. The number of aryl methyl sites for hydroxylation is 1. The molecule has 0 saturated heterocycles. The smallest absolute Gasteiger partial charge is 0.744 e. The van der Waals surface area contributed by atoms with Crippen molar-refractivity contribution >= 4 is 38.2 Å². The second-order valence-corrected chi connectivity index (χ2v) is 9.00. The Morgan fingerprint density at radius 2 is 1.59 bits per heavy atom. The molecule has 1 heterocycles. The van der Waals surface area contributed by atoms with Gasteiger partial charge in [0.25, 0.3) is 5.56 Å². The molecule has 0 aliphatic heterocycles. The van der Waals surface area contributed by atoms with Crippen molar-refractivity contribution in [3.8, 4) is 16.9 Å². The van der Waals surface area contributed by atoms with E-state index >= 15 is 0 Å². The van der Waals surface area contributed by atoms with Crippen LogP contribution < -0.4 is 45.2 Å². The predicted molar refractivity (Wildman–Crippen MR) is 122 cm³/mol. The number of ether oxygens (including phenoxy) is 1. The van der Waals surface area contributed by atoms with Gasteiger partial charge in [0.15, 0.2) is 5.78 Å². The first-order valence-corrected chi connectivity index (χ1v) is 11.3. The largest absolute Gasteiger partial charge is 1.00 e. The van der Waals surface area contributed by atoms with E-state index in [2.05, 4.69) is 5.32 Å². The minimum atomic E-state index is -4.84. The van der Waals surface area contributed by atoms with Crippen LogP contribution >= 0.6 is 0 Å². The Kier molecular flexibility index (Phi) is 6.17. The van der Waals surface area contributed by atoms with Gasteiger partial charge >= 0.3 is 29.6 Å². The summed E-state index contributed by atoms with van der Waals surface area (Å²) >= 11 is 0. The molecule has 8 nitrogen and oxygen atoms in total. The number of rotatable bonds is 4. The van der Waals surface area contributed by atoms with E-state index in [0.29, 0.717) is 38.8 Å². The van der Waals surface area contributed by atoms with Crippen LogP contribution in [0.2, 0.25) is 0 Å². The fourth-order valence-electron chi connectivity index (χ4n) is 4.24. The number of methoxy groups -OCH3 is 1. The van der Waals surface area contributed by atoms with Gasteiger partial charge in [0.1, 0.15) is 15.9 Å². The number of benzene rings is 3. The van der Waals surface area contributed by atoms with Crippen molar-refractivity contribution in [1.82, 2.24) is 4.57 Å². The standard InChI is InChI=1S/C24H18N2O6S.Na/c1-26-19-10-9-18(25-17-8-7-13(32-2)11-20(17)33(29,30)31)23-22(19)16(12-21(26)27)14-5-3-4-6-15(14)24(23)28;/h3-12,25H,1-2H3,(H,29,30,31);/q;+1/p-1. The Hall–Kier alpha value is -2.95. The summed E-state index contributed by atoms with van der Waals surface area (Å²) in [5.74, 6) is -0.0676. The summed E-state index contributed by atoms with van der Waals surface area (Å²) in [6.07, 6.45) is 0. The molecule has 0 spiro atoms. The second kappa shape index (κ2) is 8.68. The van der Waals surface area contributed by atoms with Crippen LogP contribution in [0.5, 0.6) is 5.75 Å². The number of hydrogen-bond acceptors (Lipinski definition) is 7. The SMILES string of the molecule is COc1ccc(Nc2ccc3c4c(cc(=O)n3C)-c3ccccc3C(=O)c24)c(S(=O)(=O)[O-])c1.[Na+]. The zero-order chi connectivity index (χ0) is 23.5. The van der Waals surface area contributed by atoms with Crippen molar-refractivity contribution in [3.63, 3.8) is 0 Å². The number of aromatic nitrogens is 1.